The van der Waals surface area contributed by atoms with Gasteiger partial charge in [0.1, 0.15) is 0 Å². The molecule has 12 rings (SSSR count). The molecule has 0 saturated carbocycles. The molecule has 3 heterocycles. The largest absolute Gasteiger partial charge is 0.316 e. The van der Waals surface area contributed by atoms with Crippen molar-refractivity contribution in [1.29, 1.82) is 0 Å². The highest BCUT2D eigenvalue weighted by Gasteiger charge is 2.36. The average Bonchev–Trinajstić information content (AvgIpc) is 3.95. The van der Waals surface area contributed by atoms with E-state index in [0.29, 0.717) is 17.5 Å². The maximum atomic E-state index is 5.06. The second-order valence-corrected chi connectivity index (χ2v) is 16.1. The molecule has 0 fully saturated rings. The Balaban J connectivity index is 1.02. The van der Waals surface area contributed by atoms with Gasteiger partial charge in [0.25, 0.3) is 0 Å². The molecular weight excluding hydrogens is 719 g/mol. The molecule has 59 heavy (non-hydrogen) atoms. The summed E-state index contributed by atoms with van der Waals surface area (Å²) in [5, 5.41) is 6.25. The summed E-state index contributed by atoms with van der Waals surface area (Å²) < 4.78 is 4.80. The zero-order valence-electron chi connectivity index (χ0n) is 32.6. The lowest BCUT2D eigenvalue weighted by Crippen LogP contribution is -2.15. The molecule has 0 unspecified atom stereocenters. The molecule has 5 nitrogen and oxygen atoms in total. The van der Waals surface area contributed by atoms with Gasteiger partial charge in [-0.15, -0.1) is 0 Å². The van der Waals surface area contributed by atoms with Crippen LogP contribution in [-0.2, 0) is 5.41 Å². The van der Waals surface area contributed by atoms with Crippen LogP contribution in [0.3, 0.4) is 0 Å². The van der Waals surface area contributed by atoms with E-state index in [1.54, 1.807) is 0 Å². The second-order valence-electron chi connectivity index (χ2n) is 16.1. The molecule has 0 atom stereocenters. The molecule has 8 aromatic carbocycles. The van der Waals surface area contributed by atoms with Gasteiger partial charge in [0.15, 0.2) is 17.5 Å². The maximum absolute atomic E-state index is 5.06. The van der Waals surface area contributed by atoms with Crippen molar-refractivity contribution in [2.75, 3.05) is 0 Å². The first-order chi connectivity index (χ1) is 29.0. The maximum Gasteiger partial charge on any atom is 0.164 e. The molecule has 11 aromatic rings. The normalized spacial score (nSPS) is 13.1. The third-order valence-electron chi connectivity index (χ3n) is 12.4. The van der Waals surface area contributed by atoms with Gasteiger partial charge < -0.3 is 9.13 Å². The van der Waals surface area contributed by atoms with Crippen LogP contribution in [0.1, 0.15) is 25.0 Å². The lowest BCUT2D eigenvalue weighted by Gasteiger charge is -2.23. The number of hydrogen-bond acceptors (Lipinski definition) is 3. The van der Waals surface area contributed by atoms with E-state index in [4.69, 9.17) is 15.0 Å². The Kier molecular flexibility index (Phi) is 7.20. The molecule has 0 bridgehead atoms. The summed E-state index contributed by atoms with van der Waals surface area (Å²) in [7, 11) is 0. The van der Waals surface area contributed by atoms with Crippen LogP contribution in [0.5, 0.6) is 0 Å². The van der Waals surface area contributed by atoms with Crippen LogP contribution in [0.2, 0.25) is 0 Å². The van der Waals surface area contributed by atoms with Crippen molar-refractivity contribution in [3.63, 3.8) is 0 Å². The molecule has 1 aliphatic carbocycles. The highest BCUT2D eigenvalue weighted by molar-refractivity contribution is 6.27. The van der Waals surface area contributed by atoms with Crippen molar-refractivity contribution in [2.24, 2.45) is 0 Å². The molecule has 5 heteroatoms. The summed E-state index contributed by atoms with van der Waals surface area (Å²) in [4.78, 5) is 15.1. The lowest BCUT2D eigenvalue weighted by molar-refractivity contribution is 0.660. The summed E-state index contributed by atoms with van der Waals surface area (Å²) in [5.74, 6) is 1.99. The number of nitrogens with zero attached hydrogens (tertiary/aromatic N) is 5. The topological polar surface area (TPSA) is 48.5 Å². The van der Waals surface area contributed by atoms with Crippen LogP contribution >= 0.6 is 0 Å². The Hall–Kier alpha value is -7.63. The highest BCUT2D eigenvalue weighted by Crippen LogP contribution is 2.51. The molecular formula is C54H37N5. The summed E-state index contributed by atoms with van der Waals surface area (Å²) >= 11 is 0. The van der Waals surface area contributed by atoms with Gasteiger partial charge in [0.2, 0.25) is 0 Å². The van der Waals surface area contributed by atoms with E-state index in [9.17, 15) is 0 Å². The number of para-hydroxylation sites is 2. The van der Waals surface area contributed by atoms with Crippen LogP contribution in [-0.4, -0.2) is 24.1 Å². The van der Waals surface area contributed by atoms with E-state index in [1.807, 2.05) is 36.4 Å². The van der Waals surface area contributed by atoms with E-state index in [1.165, 1.54) is 65.7 Å². The smallest absolute Gasteiger partial charge is 0.164 e. The molecule has 0 N–H and O–H groups in total. The van der Waals surface area contributed by atoms with Gasteiger partial charge in [-0.3, -0.25) is 0 Å². The van der Waals surface area contributed by atoms with Gasteiger partial charge >= 0.3 is 0 Å². The SMILES string of the molecule is CC1(C)c2cc(-c3nc(-c4ccccc4)nc(-c4ccccc4)n3)ccc2-c2ccc(-n3c4ccccc4c4c5c(ccc6ccn(-c7ccccc7)c65)ccc43)cc21. The third-order valence-corrected chi connectivity index (χ3v) is 12.4. The minimum atomic E-state index is -0.275. The fourth-order valence-corrected chi connectivity index (χ4v) is 9.52. The Morgan fingerprint density at radius 2 is 1.00 bits per heavy atom. The molecule has 0 amide bonds. The standard InChI is InChI=1S/C54H37N5/c1-54(2)44-32-38(53-56-51(36-14-6-3-7-15-36)55-52(57-53)37-16-8-4-9-17-37)24-27-41(44)42-28-26-40(33-45(42)54)59-46-21-13-12-20-43(46)49-47(59)29-25-34-22-23-35-30-31-58(50(35)48(34)49)39-18-10-5-11-19-39/h3-33H,1-2H3. The fraction of sp³-hybridized carbons (Fsp3) is 0.0556. The number of fused-ring (bicyclic) bond motifs is 10. The fourth-order valence-electron chi connectivity index (χ4n) is 9.52. The monoisotopic (exact) mass is 755 g/mol. The van der Waals surface area contributed by atoms with Gasteiger partial charge in [-0.25, -0.2) is 15.0 Å². The van der Waals surface area contributed by atoms with Gasteiger partial charge in [-0.2, -0.15) is 0 Å². The van der Waals surface area contributed by atoms with Crippen LogP contribution in [0.4, 0.5) is 0 Å². The van der Waals surface area contributed by atoms with E-state index >= 15 is 0 Å². The molecule has 1 aliphatic rings. The number of benzene rings is 8. The van der Waals surface area contributed by atoms with Crippen molar-refractivity contribution in [3.05, 3.63) is 199 Å². The minimum absolute atomic E-state index is 0.275. The lowest BCUT2D eigenvalue weighted by atomic mass is 9.82. The molecule has 0 saturated heterocycles. The predicted octanol–water partition coefficient (Wildman–Crippen LogP) is 13.4. The number of rotatable bonds is 5. The summed E-state index contributed by atoms with van der Waals surface area (Å²) in [5.41, 5.74) is 13.6. The summed E-state index contributed by atoms with van der Waals surface area (Å²) in [6, 6.07) is 65.0. The number of hydrogen-bond donors (Lipinski definition) is 0. The van der Waals surface area contributed by atoms with Crippen LogP contribution in [0.15, 0.2) is 188 Å². The van der Waals surface area contributed by atoms with E-state index in [2.05, 4.69) is 175 Å². The van der Waals surface area contributed by atoms with Crippen molar-refractivity contribution >= 4 is 43.5 Å². The quantitative estimate of drug-likeness (QED) is 0.176. The Morgan fingerprint density at radius 1 is 0.424 bits per heavy atom. The Morgan fingerprint density at radius 3 is 1.71 bits per heavy atom. The minimum Gasteiger partial charge on any atom is -0.316 e. The highest BCUT2D eigenvalue weighted by atomic mass is 15.0. The van der Waals surface area contributed by atoms with Crippen LogP contribution in [0, 0.1) is 0 Å². The number of aromatic nitrogens is 5. The van der Waals surface area contributed by atoms with E-state index in [-0.39, 0.29) is 5.41 Å². The van der Waals surface area contributed by atoms with Crippen molar-refractivity contribution in [2.45, 2.75) is 19.3 Å². The molecule has 0 aliphatic heterocycles. The zero-order chi connectivity index (χ0) is 39.2. The Labute approximate surface area is 341 Å². The van der Waals surface area contributed by atoms with Gasteiger partial charge in [0.05, 0.1) is 16.6 Å². The first kappa shape index (κ1) is 33.5. The first-order valence-electron chi connectivity index (χ1n) is 20.2. The summed E-state index contributed by atoms with van der Waals surface area (Å²) in [6.07, 6.45) is 2.20. The van der Waals surface area contributed by atoms with Crippen LogP contribution in [0.25, 0.3) is 100 Å². The molecule has 3 aromatic heterocycles. The predicted molar refractivity (Wildman–Crippen MR) is 242 cm³/mol. The van der Waals surface area contributed by atoms with Gasteiger partial charge in [-0.05, 0) is 76.2 Å². The second kappa shape index (κ2) is 12.7. The first-order valence-corrected chi connectivity index (χ1v) is 20.2. The van der Waals surface area contributed by atoms with E-state index in [0.717, 1.165) is 28.1 Å². The van der Waals surface area contributed by atoms with E-state index < -0.39 is 0 Å². The molecule has 0 radical (unpaired) electrons. The zero-order valence-corrected chi connectivity index (χ0v) is 32.6. The van der Waals surface area contributed by atoms with Crippen LogP contribution < -0.4 is 0 Å². The molecule has 278 valence electrons. The summed E-state index contributed by atoms with van der Waals surface area (Å²) in [6.45, 7) is 4.69. The third kappa shape index (κ3) is 5.08. The van der Waals surface area contributed by atoms with Crippen molar-refractivity contribution in [3.8, 4) is 56.7 Å². The Bertz CT molecular complexity index is 3390. The van der Waals surface area contributed by atoms with Crippen molar-refractivity contribution in [1.82, 2.24) is 24.1 Å². The molecule has 0 spiro atoms. The van der Waals surface area contributed by atoms with Gasteiger partial charge in [0, 0.05) is 61.2 Å². The average molecular weight is 756 g/mol. The van der Waals surface area contributed by atoms with Crippen molar-refractivity contribution < 1.29 is 0 Å². The van der Waals surface area contributed by atoms with Gasteiger partial charge in [-0.1, -0.05) is 147 Å².